The fourth-order valence-electron chi connectivity index (χ4n) is 7.90. The number of imidazole rings is 1. The molecule has 3 atom stereocenters. The van der Waals surface area contributed by atoms with E-state index in [4.69, 9.17) is 4.98 Å². The van der Waals surface area contributed by atoms with Gasteiger partial charge in [0, 0.05) is 31.2 Å². The van der Waals surface area contributed by atoms with Gasteiger partial charge in [0.2, 0.25) is 5.91 Å². The van der Waals surface area contributed by atoms with E-state index in [-0.39, 0.29) is 17.9 Å². The number of para-hydroxylation sites is 2. The number of hydrogen-bond acceptors (Lipinski definition) is 4. The number of likely N-dealkylation sites (tertiary alicyclic amines) is 1. The second-order valence-electron chi connectivity index (χ2n) is 13.0. The largest absolute Gasteiger partial charge is 0.395 e. The number of carbonyl (C=O) groups is 1. The van der Waals surface area contributed by atoms with E-state index in [1.54, 1.807) is 0 Å². The zero-order valence-electron chi connectivity index (χ0n) is 23.9. The molecule has 39 heavy (non-hydrogen) atoms. The van der Waals surface area contributed by atoms with Gasteiger partial charge < -0.3 is 14.6 Å². The summed E-state index contributed by atoms with van der Waals surface area (Å²) in [6.07, 6.45) is 8.09. The Morgan fingerprint density at radius 3 is 2.28 bits per heavy atom. The Balaban J connectivity index is 1.17. The summed E-state index contributed by atoms with van der Waals surface area (Å²) in [6, 6.07) is 21.4. The fourth-order valence-corrected chi connectivity index (χ4v) is 7.90. The van der Waals surface area contributed by atoms with Crippen LogP contribution in [0.3, 0.4) is 0 Å². The number of piperidine rings is 2. The summed E-state index contributed by atoms with van der Waals surface area (Å²) < 4.78 is 2.52. The minimum absolute atomic E-state index is 0.0779. The number of hydrogen-bond donors (Lipinski definition) is 1. The Kier molecular flexibility index (Phi) is 7.05. The molecule has 0 saturated carbocycles. The molecular weight excluding hydrogens is 484 g/mol. The molecule has 0 aliphatic carbocycles. The Morgan fingerprint density at radius 1 is 0.974 bits per heavy atom. The van der Waals surface area contributed by atoms with Crippen LogP contribution in [0.2, 0.25) is 0 Å². The molecule has 6 rings (SSSR count). The quantitative estimate of drug-likeness (QED) is 0.441. The van der Waals surface area contributed by atoms with Crippen molar-refractivity contribution in [3.63, 3.8) is 0 Å². The van der Waals surface area contributed by atoms with E-state index < -0.39 is 5.41 Å². The van der Waals surface area contributed by atoms with Gasteiger partial charge >= 0.3 is 0 Å². The number of aromatic nitrogens is 2. The van der Waals surface area contributed by atoms with Gasteiger partial charge in [-0.2, -0.15) is 0 Å². The van der Waals surface area contributed by atoms with Crippen molar-refractivity contribution >= 4 is 16.9 Å². The molecule has 0 unspecified atom stereocenters. The highest BCUT2D eigenvalue weighted by Gasteiger charge is 2.45. The summed E-state index contributed by atoms with van der Waals surface area (Å²) in [6.45, 7) is 8.40. The summed E-state index contributed by atoms with van der Waals surface area (Å²) in [5, 5.41) is 9.75. The second kappa shape index (κ2) is 10.4. The predicted molar refractivity (Wildman–Crippen MR) is 156 cm³/mol. The lowest BCUT2D eigenvalue weighted by Gasteiger charge is -2.46. The molecule has 6 heteroatoms. The van der Waals surface area contributed by atoms with Crippen LogP contribution in [0.4, 0.5) is 0 Å². The predicted octanol–water partition coefficient (Wildman–Crippen LogP) is 5.48. The Morgan fingerprint density at radius 2 is 1.62 bits per heavy atom. The van der Waals surface area contributed by atoms with E-state index in [1.807, 2.05) is 18.7 Å². The monoisotopic (exact) mass is 528 g/mol. The molecule has 3 aliphatic rings. The highest BCUT2D eigenvalue weighted by atomic mass is 16.3. The maximum Gasteiger partial charge on any atom is 0.230 e. The van der Waals surface area contributed by atoms with Crippen LogP contribution in [0.25, 0.3) is 11.0 Å². The van der Waals surface area contributed by atoms with E-state index in [2.05, 4.69) is 71.0 Å². The third-order valence-electron chi connectivity index (χ3n) is 10.2. The van der Waals surface area contributed by atoms with Gasteiger partial charge in [-0.3, -0.25) is 9.69 Å². The molecule has 0 spiro atoms. The van der Waals surface area contributed by atoms with E-state index in [9.17, 15) is 9.90 Å². The molecule has 3 saturated heterocycles. The molecule has 4 heterocycles. The third-order valence-corrected chi connectivity index (χ3v) is 10.2. The number of nitrogens with zero attached hydrogens (tertiary/aromatic N) is 4. The Hall–Kier alpha value is -2.70. The van der Waals surface area contributed by atoms with Crippen molar-refractivity contribution in [1.82, 2.24) is 19.4 Å². The molecule has 3 aromatic rings. The fraction of sp³-hybridized carbons (Fsp3) is 0.576. The first-order valence-corrected chi connectivity index (χ1v) is 15.0. The highest BCUT2D eigenvalue weighted by Crippen LogP contribution is 2.45. The molecule has 3 aliphatic heterocycles. The van der Waals surface area contributed by atoms with Crippen molar-refractivity contribution in [2.24, 2.45) is 5.41 Å². The van der Waals surface area contributed by atoms with Crippen LogP contribution in [0.15, 0.2) is 54.6 Å². The van der Waals surface area contributed by atoms with Gasteiger partial charge in [-0.25, -0.2) is 4.98 Å². The molecule has 1 N–H and O–H groups in total. The van der Waals surface area contributed by atoms with Crippen LogP contribution in [0, 0.1) is 12.3 Å². The summed E-state index contributed by atoms with van der Waals surface area (Å²) in [4.78, 5) is 22.8. The minimum Gasteiger partial charge on any atom is -0.395 e. The van der Waals surface area contributed by atoms with Gasteiger partial charge in [0.05, 0.1) is 23.1 Å². The van der Waals surface area contributed by atoms with Crippen LogP contribution in [-0.4, -0.2) is 68.7 Å². The lowest BCUT2D eigenvalue weighted by molar-refractivity contribution is -0.144. The molecule has 1 aromatic heterocycles. The molecule has 2 aromatic carbocycles. The number of aliphatic hydroxyl groups is 1. The molecule has 208 valence electrons. The van der Waals surface area contributed by atoms with Gasteiger partial charge in [-0.1, -0.05) is 42.5 Å². The number of rotatable bonds is 7. The lowest BCUT2D eigenvalue weighted by atomic mass is 9.70. The summed E-state index contributed by atoms with van der Waals surface area (Å²) >= 11 is 0. The molecule has 1 amide bonds. The van der Waals surface area contributed by atoms with E-state index in [0.717, 1.165) is 50.2 Å². The van der Waals surface area contributed by atoms with Crippen LogP contribution in [0.1, 0.15) is 76.2 Å². The van der Waals surface area contributed by atoms with Crippen LogP contribution >= 0.6 is 0 Å². The average molecular weight is 529 g/mol. The molecule has 3 fully saturated rings. The number of fused-ring (bicyclic) bond motifs is 3. The van der Waals surface area contributed by atoms with Crippen molar-refractivity contribution in [3.05, 3.63) is 66.0 Å². The first-order chi connectivity index (χ1) is 18.8. The number of carbonyl (C=O) groups excluding carboxylic acids is 1. The van der Waals surface area contributed by atoms with E-state index >= 15 is 0 Å². The third kappa shape index (κ3) is 4.80. The van der Waals surface area contributed by atoms with Crippen molar-refractivity contribution in [2.75, 3.05) is 26.2 Å². The summed E-state index contributed by atoms with van der Waals surface area (Å²) in [5.41, 5.74) is 3.19. The molecule has 2 bridgehead atoms. The van der Waals surface area contributed by atoms with Crippen LogP contribution in [0.5, 0.6) is 0 Å². The maximum absolute atomic E-state index is 13.1. The van der Waals surface area contributed by atoms with Crippen LogP contribution < -0.4 is 0 Å². The summed E-state index contributed by atoms with van der Waals surface area (Å²) in [7, 11) is 0. The first-order valence-electron chi connectivity index (χ1n) is 15.0. The Bertz CT molecular complexity index is 1290. The van der Waals surface area contributed by atoms with Crippen molar-refractivity contribution in [2.45, 2.75) is 89.3 Å². The lowest BCUT2D eigenvalue weighted by Crippen LogP contribution is -2.51. The highest BCUT2D eigenvalue weighted by molar-refractivity contribution is 5.82. The van der Waals surface area contributed by atoms with Crippen molar-refractivity contribution in [3.8, 4) is 0 Å². The molecule has 6 nitrogen and oxygen atoms in total. The number of aryl methyl sites for hydroxylation is 1. The average Bonchev–Trinajstić information content (AvgIpc) is 3.42. The van der Waals surface area contributed by atoms with E-state index in [0.29, 0.717) is 18.1 Å². The zero-order chi connectivity index (χ0) is 27.2. The summed E-state index contributed by atoms with van der Waals surface area (Å²) in [5.74, 6) is 1.22. The van der Waals surface area contributed by atoms with Crippen LogP contribution in [-0.2, 0) is 10.2 Å². The zero-order valence-corrected chi connectivity index (χ0v) is 23.9. The van der Waals surface area contributed by atoms with Crippen molar-refractivity contribution in [1.29, 1.82) is 0 Å². The normalized spacial score (nSPS) is 25.3. The SMILES string of the molecule is Cc1nc2ccccc2n1[C@H]1C[C@H]2CC[C@@H](C1)N2CCC1(c2ccccc2)CCN(C(=O)C(C)(C)CO)CC1. The minimum atomic E-state index is -0.713. The molecule has 0 radical (unpaired) electrons. The number of amides is 1. The van der Waals surface area contributed by atoms with Gasteiger partial charge in [-0.15, -0.1) is 0 Å². The second-order valence-corrected chi connectivity index (χ2v) is 13.0. The van der Waals surface area contributed by atoms with Gasteiger partial charge in [0.1, 0.15) is 5.82 Å². The number of aliphatic hydroxyl groups excluding tert-OH is 1. The maximum atomic E-state index is 13.1. The number of benzene rings is 2. The molecular formula is C33H44N4O2. The smallest absolute Gasteiger partial charge is 0.230 e. The topological polar surface area (TPSA) is 61.6 Å². The van der Waals surface area contributed by atoms with Gasteiger partial charge in [0.25, 0.3) is 0 Å². The van der Waals surface area contributed by atoms with Gasteiger partial charge in [0.15, 0.2) is 0 Å². The van der Waals surface area contributed by atoms with E-state index in [1.165, 1.54) is 36.8 Å². The Labute approximate surface area is 233 Å². The standard InChI is InChI=1S/C33H44N4O2/c1-24-34-29-11-7-8-12-30(29)37(24)28-21-26-13-14-27(22-28)36(26)20-17-33(25-9-5-4-6-10-25)15-18-35(19-16-33)31(39)32(2,3)23-38/h4-12,26-28,38H,13-23H2,1-3H3/t26-,27+,28+. The van der Waals surface area contributed by atoms with Gasteiger partial charge in [-0.05, 0) is 95.4 Å². The first kappa shape index (κ1) is 26.5. The van der Waals surface area contributed by atoms with Crippen molar-refractivity contribution < 1.29 is 9.90 Å².